The van der Waals surface area contributed by atoms with E-state index in [-0.39, 0.29) is 11.9 Å². The van der Waals surface area contributed by atoms with Gasteiger partial charge in [-0.3, -0.25) is 9.89 Å². The number of nitrogen functional groups attached to an aromatic ring is 1. The zero-order valence-corrected chi connectivity index (χ0v) is 18.0. The SMILES string of the molecule is Cc1cc(C(C)NC(=O)c2cnn3cccnc23)c(-c2ccccc2N)c2n[nH]c(C)c12. The number of carbonyl (C=O) groups excluding carboxylic acids is 1. The molecular formula is C24H23N7O. The van der Waals surface area contributed by atoms with Crippen LogP contribution in [-0.2, 0) is 0 Å². The maximum absolute atomic E-state index is 13.1. The molecule has 0 bridgehead atoms. The average Bonchev–Trinajstić information content (AvgIpc) is 3.38. The van der Waals surface area contributed by atoms with Crippen LogP contribution in [0.1, 0.15) is 40.1 Å². The molecule has 5 aromatic rings. The van der Waals surface area contributed by atoms with Gasteiger partial charge in [0.25, 0.3) is 5.91 Å². The van der Waals surface area contributed by atoms with Crippen LogP contribution in [0.5, 0.6) is 0 Å². The first-order valence-electron chi connectivity index (χ1n) is 10.4. The van der Waals surface area contributed by atoms with Gasteiger partial charge in [0.15, 0.2) is 5.65 Å². The molecule has 1 amide bonds. The Kier molecular flexibility index (Phi) is 4.62. The molecule has 0 saturated carbocycles. The molecule has 0 radical (unpaired) electrons. The molecule has 3 heterocycles. The van der Waals surface area contributed by atoms with Crippen molar-refractivity contribution >= 4 is 28.1 Å². The number of nitrogens with zero attached hydrogens (tertiary/aromatic N) is 4. The quantitative estimate of drug-likeness (QED) is 0.377. The van der Waals surface area contributed by atoms with E-state index in [1.807, 2.05) is 38.1 Å². The van der Waals surface area contributed by atoms with Crippen LogP contribution in [0.3, 0.4) is 0 Å². The number of H-pyrrole nitrogens is 1. The largest absolute Gasteiger partial charge is 0.398 e. The van der Waals surface area contributed by atoms with E-state index in [1.54, 1.807) is 23.0 Å². The summed E-state index contributed by atoms with van der Waals surface area (Å²) in [5.74, 6) is -0.242. The number of aryl methyl sites for hydroxylation is 2. The molecule has 160 valence electrons. The molecule has 8 nitrogen and oxygen atoms in total. The zero-order chi connectivity index (χ0) is 22.4. The third-order valence-electron chi connectivity index (χ3n) is 5.81. The van der Waals surface area contributed by atoms with Gasteiger partial charge in [-0.15, -0.1) is 0 Å². The van der Waals surface area contributed by atoms with Crippen molar-refractivity contribution in [2.24, 2.45) is 0 Å². The lowest BCUT2D eigenvalue weighted by Gasteiger charge is -2.20. The van der Waals surface area contributed by atoms with E-state index >= 15 is 0 Å². The van der Waals surface area contributed by atoms with Gasteiger partial charge in [-0.25, -0.2) is 9.50 Å². The lowest BCUT2D eigenvalue weighted by atomic mass is 9.89. The van der Waals surface area contributed by atoms with Crippen molar-refractivity contribution in [3.8, 4) is 11.1 Å². The minimum atomic E-state index is -0.309. The third kappa shape index (κ3) is 3.08. The van der Waals surface area contributed by atoms with Gasteiger partial charge in [0, 0.05) is 40.3 Å². The summed E-state index contributed by atoms with van der Waals surface area (Å²) < 4.78 is 1.58. The molecule has 0 aliphatic heterocycles. The zero-order valence-electron chi connectivity index (χ0n) is 18.0. The van der Waals surface area contributed by atoms with Gasteiger partial charge in [-0.1, -0.05) is 24.3 Å². The Labute approximate surface area is 184 Å². The van der Waals surface area contributed by atoms with Gasteiger partial charge in [0.2, 0.25) is 0 Å². The lowest BCUT2D eigenvalue weighted by molar-refractivity contribution is 0.0941. The van der Waals surface area contributed by atoms with E-state index in [4.69, 9.17) is 5.73 Å². The fourth-order valence-electron chi connectivity index (χ4n) is 4.30. The van der Waals surface area contributed by atoms with Crippen LogP contribution in [0.25, 0.3) is 27.7 Å². The summed E-state index contributed by atoms with van der Waals surface area (Å²) in [5.41, 5.74) is 13.6. The molecule has 0 saturated heterocycles. The molecule has 0 aliphatic carbocycles. The van der Waals surface area contributed by atoms with Gasteiger partial charge in [-0.2, -0.15) is 10.2 Å². The average molecular weight is 425 g/mol. The van der Waals surface area contributed by atoms with Crippen molar-refractivity contribution in [1.82, 2.24) is 30.1 Å². The molecule has 1 atom stereocenters. The summed E-state index contributed by atoms with van der Waals surface area (Å²) in [6, 6.07) is 11.3. The molecular weight excluding hydrogens is 402 g/mol. The number of amides is 1. The third-order valence-corrected chi connectivity index (χ3v) is 5.81. The molecule has 4 N–H and O–H groups in total. The Morgan fingerprint density at radius 1 is 1.22 bits per heavy atom. The van der Waals surface area contributed by atoms with Crippen molar-refractivity contribution in [3.05, 3.63) is 77.4 Å². The Balaban J connectivity index is 1.62. The summed E-state index contributed by atoms with van der Waals surface area (Å²) in [5, 5.41) is 16.1. The molecule has 0 spiro atoms. The number of nitrogens with one attached hydrogen (secondary N) is 2. The second-order valence-corrected chi connectivity index (χ2v) is 7.96. The van der Waals surface area contributed by atoms with E-state index in [2.05, 4.69) is 38.6 Å². The first-order chi connectivity index (χ1) is 15.5. The van der Waals surface area contributed by atoms with Gasteiger partial charge in [0.05, 0.1) is 12.2 Å². The number of hydrogen-bond acceptors (Lipinski definition) is 5. The smallest absolute Gasteiger partial charge is 0.257 e. The Hall–Kier alpha value is -4.20. The fourth-order valence-corrected chi connectivity index (χ4v) is 4.30. The predicted octanol–water partition coefficient (Wildman–Crippen LogP) is 3.96. The molecule has 5 rings (SSSR count). The van der Waals surface area contributed by atoms with Crippen LogP contribution in [0.4, 0.5) is 5.69 Å². The van der Waals surface area contributed by atoms with Gasteiger partial charge in [-0.05, 0) is 44.0 Å². The Morgan fingerprint density at radius 2 is 2.03 bits per heavy atom. The number of rotatable bonds is 4. The molecule has 0 fully saturated rings. The van der Waals surface area contributed by atoms with Crippen LogP contribution < -0.4 is 11.1 Å². The molecule has 32 heavy (non-hydrogen) atoms. The number of carbonyl (C=O) groups is 1. The van der Waals surface area contributed by atoms with Gasteiger partial charge >= 0.3 is 0 Å². The highest BCUT2D eigenvalue weighted by Gasteiger charge is 2.23. The van der Waals surface area contributed by atoms with Crippen molar-refractivity contribution in [2.75, 3.05) is 5.73 Å². The number of nitrogens with two attached hydrogens (primary N) is 1. The highest BCUT2D eigenvalue weighted by molar-refractivity contribution is 6.02. The fraction of sp³-hybridized carbons (Fsp3) is 0.167. The Bertz CT molecular complexity index is 1480. The van der Waals surface area contributed by atoms with E-state index in [1.165, 1.54) is 6.20 Å². The molecule has 2 aromatic carbocycles. The number of aromatic nitrogens is 5. The summed E-state index contributed by atoms with van der Waals surface area (Å²) >= 11 is 0. The first-order valence-corrected chi connectivity index (χ1v) is 10.4. The van der Waals surface area contributed by atoms with Crippen molar-refractivity contribution in [3.63, 3.8) is 0 Å². The number of aromatic amines is 1. The number of anilines is 1. The normalized spacial score (nSPS) is 12.3. The van der Waals surface area contributed by atoms with E-state index < -0.39 is 0 Å². The second kappa shape index (κ2) is 7.49. The van der Waals surface area contributed by atoms with E-state index in [0.717, 1.165) is 38.9 Å². The van der Waals surface area contributed by atoms with Crippen LogP contribution in [-0.4, -0.2) is 30.7 Å². The Morgan fingerprint density at radius 3 is 2.84 bits per heavy atom. The number of benzene rings is 2. The standard InChI is InChI=1S/C24H23N7O/c1-13-11-17(14(2)28-24(32)18-12-27-31-10-6-9-26-23(18)31)21(16-7-4-5-8-19(16)25)22-20(13)15(3)29-30-22/h4-12,14H,25H2,1-3H3,(H,28,32)(H,29,30). The number of fused-ring (bicyclic) bond motifs is 2. The minimum Gasteiger partial charge on any atom is -0.398 e. The van der Waals surface area contributed by atoms with E-state index in [0.29, 0.717) is 16.9 Å². The highest BCUT2D eigenvalue weighted by Crippen LogP contribution is 2.39. The molecule has 1 unspecified atom stereocenters. The van der Waals surface area contributed by atoms with Crippen LogP contribution in [0, 0.1) is 13.8 Å². The maximum Gasteiger partial charge on any atom is 0.257 e. The van der Waals surface area contributed by atoms with Crippen LogP contribution >= 0.6 is 0 Å². The monoisotopic (exact) mass is 425 g/mol. The summed E-state index contributed by atoms with van der Waals surface area (Å²) in [4.78, 5) is 17.4. The van der Waals surface area contributed by atoms with Gasteiger partial charge < -0.3 is 11.1 Å². The first kappa shape index (κ1) is 19.7. The summed E-state index contributed by atoms with van der Waals surface area (Å²) in [6.45, 7) is 6.01. The van der Waals surface area contributed by atoms with Crippen LogP contribution in [0.15, 0.2) is 55.0 Å². The molecule has 0 aliphatic rings. The summed E-state index contributed by atoms with van der Waals surface area (Å²) in [7, 11) is 0. The second-order valence-electron chi connectivity index (χ2n) is 7.96. The maximum atomic E-state index is 13.1. The van der Waals surface area contributed by atoms with Crippen molar-refractivity contribution < 1.29 is 4.79 Å². The molecule has 3 aromatic heterocycles. The lowest BCUT2D eigenvalue weighted by Crippen LogP contribution is -2.27. The number of para-hydroxylation sites is 1. The highest BCUT2D eigenvalue weighted by atomic mass is 16.1. The number of hydrogen-bond donors (Lipinski definition) is 3. The van der Waals surface area contributed by atoms with E-state index in [9.17, 15) is 4.79 Å². The molecule has 8 heteroatoms. The van der Waals surface area contributed by atoms with Crippen molar-refractivity contribution in [1.29, 1.82) is 0 Å². The summed E-state index contributed by atoms with van der Waals surface area (Å²) in [6.07, 6.45) is 4.94. The topological polar surface area (TPSA) is 114 Å². The minimum absolute atomic E-state index is 0.242. The van der Waals surface area contributed by atoms with Gasteiger partial charge in [0.1, 0.15) is 11.1 Å². The predicted molar refractivity (Wildman–Crippen MR) is 124 cm³/mol. The van der Waals surface area contributed by atoms with Crippen LogP contribution in [0.2, 0.25) is 0 Å². The van der Waals surface area contributed by atoms with Crippen molar-refractivity contribution in [2.45, 2.75) is 26.8 Å².